The topological polar surface area (TPSA) is 120 Å². The molecular formula is C18H24N4O4. The minimum atomic E-state index is -0.951. The van der Waals surface area contributed by atoms with Gasteiger partial charge < -0.3 is 20.5 Å². The van der Waals surface area contributed by atoms with E-state index in [4.69, 9.17) is 21.0 Å². The van der Waals surface area contributed by atoms with Crippen LogP contribution in [-0.2, 0) is 9.53 Å². The van der Waals surface area contributed by atoms with Gasteiger partial charge >= 0.3 is 12.0 Å². The molecule has 140 valence electrons. The van der Waals surface area contributed by atoms with Gasteiger partial charge in [0.1, 0.15) is 12.4 Å². The number of nitrogens with two attached hydrogens (primary N) is 1. The van der Waals surface area contributed by atoms with Gasteiger partial charge in [0.2, 0.25) is 0 Å². The number of aliphatic carboxylic acids is 1. The number of amides is 2. The zero-order chi connectivity index (χ0) is 18.7. The first-order valence-electron chi connectivity index (χ1n) is 8.81. The van der Waals surface area contributed by atoms with Crippen LogP contribution in [0.15, 0.2) is 24.3 Å². The number of nitrogens with zero attached hydrogens (tertiary/aromatic N) is 2. The summed E-state index contributed by atoms with van der Waals surface area (Å²) in [5.41, 5.74) is 6.91. The number of ether oxygens (including phenoxy) is 1. The SMILES string of the molecule is N=C(N)c1ccc(N2CCN([C@H]3CC[C@H](OCC(=O)O)CC3)C2=O)cc1. The fraction of sp³-hybridized carbons (Fsp3) is 0.500. The third kappa shape index (κ3) is 3.96. The molecule has 1 saturated heterocycles. The Bertz CT molecular complexity index is 683. The van der Waals surface area contributed by atoms with Crippen molar-refractivity contribution in [2.24, 2.45) is 5.73 Å². The number of amidine groups is 1. The Kier molecular flexibility index (Phi) is 5.41. The van der Waals surface area contributed by atoms with Crippen molar-refractivity contribution < 1.29 is 19.4 Å². The second kappa shape index (κ2) is 7.74. The highest BCUT2D eigenvalue weighted by molar-refractivity contribution is 5.97. The lowest BCUT2D eigenvalue weighted by molar-refractivity contribution is -0.145. The van der Waals surface area contributed by atoms with Gasteiger partial charge in [0.05, 0.1) is 6.10 Å². The molecule has 3 rings (SSSR count). The second-order valence-electron chi connectivity index (χ2n) is 6.72. The van der Waals surface area contributed by atoms with Crippen molar-refractivity contribution >= 4 is 23.5 Å². The van der Waals surface area contributed by atoms with E-state index >= 15 is 0 Å². The molecular weight excluding hydrogens is 336 g/mol. The van der Waals surface area contributed by atoms with Gasteiger partial charge in [-0.25, -0.2) is 9.59 Å². The molecule has 0 atom stereocenters. The third-order valence-electron chi connectivity index (χ3n) is 5.06. The minimum Gasteiger partial charge on any atom is -0.480 e. The first-order chi connectivity index (χ1) is 12.5. The number of hydrogen-bond donors (Lipinski definition) is 3. The van der Waals surface area contributed by atoms with Crippen LogP contribution in [0.4, 0.5) is 10.5 Å². The lowest BCUT2D eigenvalue weighted by atomic mass is 9.92. The van der Waals surface area contributed by atoms with E-state index in [-0.39, 0.29) is 30.6 Å². The summed E-state index contributed by atoms with van der Waals surface area (Å²) in [6.07, 6.45) is 3.17. The molecule has 2 amide bonds. The number of hydrogen-bond acceptors (Lipinski definition) is 4. The van der Waals surface area contributed by atoms with Gasteiger partial charge in [-0.3, -0.25) is 10.3 Å². The van der Waals surface area contributed by atoms with E-state index in [2.05, 4.69) is 0 Å². The average Bonchev–Trinajstić information content (AvgIpc) is 3.02. The number of nitrogen functional groups attached to an aromatic ring is 1. The Balaban J connectivity index is 1.56. The Morgan fingerprint density at radius 2 is 1.85 bits per heavy atom. The van der Waals surface area contributed by atoms with E-state index in [0.29, 0.717) is 18.7 Å². The molecule has 8 nitrogen and oxygen atoms in total. The van der Waals surface area contributed by atoms with E-state index in [0.717, 1.165) is 31.4 Å². The number of carboxylic acid groups (broad SMARTS) is 1. The van der Waals surface area contributed by atoms with Crippen molar-refractivity contribution in [3.05, 3.63) is 29.8 Å². The molecule has 26 heavy (non-hydrogen) atoms. The zero-order valence-corrected chi connectivity index (χ0v) is 14.6. The molecule has 1 aromatic rings. The number of carboxylic acids is 1. The maximum Gasteiger partial charge on any atom is 0.329 e. The molecule has 1 aliphatic carbocycles. The van der Waals surface area contributed by atoms with Crippen molar-refractivity contribution in [3.63, 3.8) is 0 Å². The Morgan fingerprint density at radius 1 is 1.19 bits per heavy atom. The van der Waals surface area contributed by atoms with Crippen molar-refractivity contribution in [2.75, 3.05) is 24.6 Å². The Morgan fingerprint density at radius 3 is 2.42 bits per heavy atom. The summed E-state index contributed by atoms with van der Waals surface area (Å²) >= 11 is 0. The zero-order valence-electron chi connectivity index (χ0n) is 14.6. The van der Waals surface area contributed by atoms with Gasteiger partial charge in [-0.15, -0.1) is 0 Å². The first kappa shape index (κ1) is 18.2. The number of rotatable bonds is 6. The smallest absolute Gasteiger partial charge is 0.329 e. The molecule has 1 heterocycles. The summed E-state index contributed by atoms with van der Waals surface area (Å²) in [5, 5.41) is 16.1. The molecule has 4 N–H and O–H groups in total. The molecule has 2 fully saturated rings. The van der Waals surface area contributed by atoms with E-state index in [1.165, 1.54) is 0 Å². The number of urea groups is 1. The van der Waals surface area contributed by atoms with Crippen molar-refractivity contribution in [1.29, 1.82) is 5.41 Å². The van der Waals surface area contributed by atoms with Crippen LogP contribution in [0.2, 0.25) is 0 Å². The molecule has 0 bridgehead atoms. The normalized spacial score (nSPS) is 23.3. The van der Waals surface area contributed by atoms with Gasteiger partial charge in [-0.1, -0.05) is 0 Å². The van der Waals surface area contributed by atoms with Crippen molar-refractivity contribution in [1.82, 2.24) is 4.90 Å². The number of nitrogens with one attached hydrogen (secondary N) is 1. The van der Waals surface area contributed by atoms with Crippen LogP contribution in [0.25, 0.3) is 0 Å². The van der Waals surface area contributed by atoms with Gasteiger partial charge in [-0.05, 0) is 49.9 Å². The monoisotopic (exact) mass is 360 g/mol. The lowest BCUT2D eigenvalue weighted by Crippen LogP contribution is -2.42. The van der Waals surface area contributed by atoms with Crippen LogP contribution in [0.1, 0.15) is 31.2 Å². The maximum atomic E-state index is 12.8. The van der Waals surface area contributed by atoms with Crippen molar-refractivity contribution in [3.8, 4) is 0 Å². The first-order valence-corrected chi connectivity index (χ1v) is 8.81. The van der Waals surface area contributed by atoms with Gasteiger partial charge in [-0.2, -0.15) is 0 Å². The van der Waals surface area contributed by atoms with Crippen LogP contribution < -0.4 is 10.6 Å². The van der Waals surface area contributed by atoms with Gasteiger partial charge in [0.15, 0.2) is 0 Å². The standard InChI is InChI=1S/C18H24N4O4/c19-17(20)12-1-3-13(4-2-12)21-9-10-22(18(21)25)14-5-7-15(8-6-14)26-11-16(23)24/h1-4,14-15H,5-11H2,(H3,19,20)(H,23,24)/t14-,15-. The Hall–Kier alpha value is -2.61. The van der Waals surface area contributed by atoms with Crippen LogP contribution in [0.5, 0.6) is 0 Å². The summed E-state index contributed by atoms with van der Waals surface area (Å²) < 4.78 is 5.36. The quantitative estimate of drug-likeness (QED) is 0.526. The summed E-state index contributed by atoms with van der Waals surface area (Å²) in [4.78, 5) is 27.0. The number of anilines is 1. The molecule has 0 aromatic heterocycles. The van der Waals surface area contributed by atoms with E-state index in [9.17, 15) is 9.59 Å². The average molecular weight is 360 g/mol. The molecule has 1 aliphatic heterocycles. The van der Waals surface area contributed by atoms with E-state index in [1.54, 1.807) is 17.0 Å². The third-order valence-corrected chi connectivity index (χ3v) is 5.06. The maximum absolute atomic E-state index is 12.8. The molecule has 1 aromatic carbocycles. The highest BCUT2D eigenvalue weighted by Gasteiger charge is 2.36. The van der Waals surface area contributed by atoms with Crippen LogP contribution >= 0.6 is 0 Å². The van der Waals surface area contributed by atoms with Gasteiger partial charge in [0, 0.05) is 30.4 Å². The summed E-state index contributed by atoms with van der Waals surface area (Å²) in [6.45, 7) is 1.05. The van der Waals surface area contributed by atoms with Crippen LogP contribution in [0, 0.1) is 5.41 Å². The fourth-order valence-corrected chi connectivity index (χ4v) is 3.67. The van der Waals surface area contributed by atoms with Crippen LogP contribution in [0.3, 0.4) is 0 Å². The molecule has 1 saturated carbocycles. The van der Waals surface area contributed by atoms with E-state index in [1.807, 2.05) is 17.0 Å². The van der Waals surface area contributed by atoms with E-state index < -0.39 is 5.97 Å². The number of benzene rings is 1. The van der Waals surface area contributed by atoms with Crippen molar-refractivity contribution in [2.45, 2.75) is 37.8 Å². The van der Waals surface area contributed by atoms with Crippen LogP contribution in [-0.4, -0.2) is 59.7 Å². The predicted octanol–water partition coefficient (Wildman–Crippen LogP) is 1.63. The number of carbonyl (C=O) groups excluding carboxylic acids is 1. The number of carbonyl (C=O) groups is 2. The summed E-state index contributed by atoms with van der Waals surface area (Å²) in [6, 6.07) is 7.30. The predicted molar refractivity (Wildman–Crippen MR) is 96.5 cm³/mol. The lowest BCUT2D eigenvalue weighted by Gasteiger charge is -2.34. The van der Waals surface area contributed by atoms with Gasteiger partial charge in [0.25, 0.3) is 0 Å². The fourth-order valence-electron chi connectivity index (χ4n) is 3.67. The highest BCUT2D eigenvalue weighted by atomic mass is 16.5. The minimum absolute atomic E-state index is 0.00419. The molecule has 0 unspecified atom stereocenters. The molecule has 0 spiro atoms. The Labute approximate surface area is 152 Å². The molecule has 2 aliphatic rings. The summed E-state index contributed by atoms with van der Waals surface area (Å²) in [7, 11) is 0. The second-order valence-corrected chi connectivity index (χ2v) is 6.72. The highest BCUT2D eigenvalue weighted by Crippen LogP contribution is 2.29. The molecule has 8 heteroatoms. The molecule has 0 radical (unpaired) electrons. The summed E-state index contributed by atoms with van der Waals surface area (Å²) in [5.74, 6) is -0.943. The largest absolute Gasteiger partial charge is 0.480 e.